The minimum Gasteiger partial charge on any atom is -0.380 e. The molecule has 3 heteroatoms. The molecule has 0 unspecified atom stereocenters. The minimum atomic E-state index is -0.104. The number of nitrogens with one attached hydrogen (secondary N) is 1. The Balaban J connectivity index is 2.05. The van der Waals surface area contributed by atoms with Crippen LogP contribution in [0.25, 0.3) is 0 Å². The SMILES string of the molecule is COCc1ccc(C(=O)Nc2ccc(C)cc2)cc1. The Morgan fingerprint density at radius 3 is 2.26 bits per heavy atom. The second kappa shape index (κ2) is 6.16. The number of anilines is 1. The Bertz CT molecular complexity index is 544. The van der Waals surface area contributed by atoms with Crippen LogP contribution in [0, 0.1) is 6.92 Å². The number of methoxy groups -OCH3 is 1. The van der Waals surface area contributed by atoms with Gasteiger partial charge in [-0.3, -0.25) is 4.79 Å². The molecule has 0 saturated heterocycles. The molecule has 19 heavy (non-hydrogen) atoms. The zero-order valence-corrected chi connectivity index (χ0v) is 11.1. The van der Waals surface area contributed by atoms with Crippen molar-refractivity contribution >= 4 is 11.6 Å². The Morgan fingerprint density at radius 2 is 1.68 bits per heavy atom. The first-order valence-corrected chi connectivity index (χ1v) is 6.15. The van der Waals surface area contributed by atoms with Gasteiger partial charge in [-0.1, -0.05) is 29.8 Å². The molecule has 0 fully saturated rings. The number of hydrogen-bond donors (Lipinski definition) is 1. The van der Waals surface area contributed by atoms with Gasteiger partial charge in [-0.05, 0) is 36.8 Å². The number of hydrogen-bond acceptors (Lipinski definition) is 2. The van der Waals surface area contributed by atoms with E-state index in [9.17, 15) is 4.79 Å². The lowest BCUT2D eigenvalue weighted by molar-refractivity contribution is 0.102. The fourth-order valence-electron chi connectivity index (χ4n) is 1.76. The van der Waals surface area contributed by atoms with Gasteiger partial charge in [0, 0.05) is 18.4 Å². The van der Waals surface area contributed by atoms with Crippen LogP contribution >= 0.6 is 0 Å². The van der Waals surface area contributed by atoms with Gasteiger partial charge in [-0.2, -0.15) is 0 Å². The first kappa shape index (κ1) is 13.3. The summed E-state index contributed by atoms with van der Waals surface area (Å²) in [6, 6.07) is 15.1. The van der Waals surface area contributed by atoms with E-state index in [1.807, 2.05) is 43.3 Å². The van der Waals surface area contributed by atoms with Crippen LogP contribution in [0.5, 0.6) is 0 Å². The molecule has 0 saturated carbocycles. The standard InChI is InChI=1S/C16H17NO2/c1-12-3-9-15(10-4-12)17-16(18)14-7-5-13(6-8-14)11-19-2/h3-10H,11H2,1-2H3,(H,17,18). The lowest BCUT2D eigenvalue weighted by atomic mass is 10.1. The predicted octanol–water partition coefficient (Wildman–Crippen LogP) is 3.39. The van der Waals surface area contributed by atoms with E-state index in [-0.39, 0.29) is 5.91 Å². The molecule has 98 valence electrons. The lowest BCUT2D eigenvalue weighted by Crippen LogP contribution is -2.11. The van der Waals surface area contributed by atoms with Crippen LogP contribution in [0.4, 0.5) is 5.69 Å². The largest absolute Gasteiger partial charge is 0.380 e. The number of carbonyl (C=O) groups is 1. The quantitative estimate of drug-likeness (QED) is 0.909. The van der Waals surface area contributed by atoms with Gasteiger partial charge in [-0.25, -0.2) is 0 Å². The van der Waals surface area contributed by atoms with E-state index < -0.39 is 0 Å². The van der Waals surface area contributed by atoms with Crippen LogP contribution in [0.15, 0.2) is 48.5 Å². The molecule has 3 nitrogen and oxygen atoms in total. The third kappa shape index (κ3) is 3.66. The maximum Gasteiger partial charge on any atom is 0.255 e. The average molecular weight is 255 g/mol. The summed E-state index contributed by atoms with van der Waals surface area (Å²) in [5.41, 5.74) is 3.66. The number of benzene rings is 2. The molecule has 1 amide bonds. The van der Waals surface area contributed by atoms with E-state index in [1.165, 1.54) is 5.56 Å². The number of carbonyl (C=O) groups excluding carboxylic acids is 1. The van der Waals surface area contributed by atoms with Crippen molar-refractivity contribution in [2.24, 2.45) is 0 Å². The van der Waals surface area contributed by atoms with Gasteiger partial charge < -0.3 is 10.1 Å². The van der Waals surface area contributed by atoms with Crippen molar-refractivity contribution in [3.63, 3.8) is 0 Å². The van der Waals surface area contributed by atoms with Crippen molar-refractivity contribution in [3.05, 3.63) is 65.2 Å². The summed E-state index contributed by atoms with van der Waals surface area (Å²) < 4.78 is 5.03. The highest BCUT2D eigenvalue weighted by Crippen LogP contribution is 2.11. The summed E-state index contributed by atoms with van der Waals surface area (Å²) in [5, 5.41) is 2.87. The molecule has 0 bridgehead atoms. The van der Waals surface area contributed by atoms with E-state index in [0.29, 0.717) is 12.2 Å². The van der Waals surface area contributed by atoms with Crippen molar-refractivity contribution in [1.29, 1.82) is 0 Å². The van der Waals surface area contributed by atoms with Crippen LogP contribution in [0.1, 0.15) is 21.5 Å². The van der Waals surface area contributed by atoms with Crippen LogP contribution in [0.3, 0.4) is 0 Å². The summed E-state index contributed by atoms with van der Waals surface area (Å²) in [6.45, 7) is 2.57. The van der Waals surface area contributed by atoms with Gasteiger partial charge in [0.25, 0.3) is 5.91 Å². The predicted molar refractivity (Wildman–Crippen MR) is 76.3 cm³/mol. The van der Waals surface area contributed by atoms with Crippen molar-refractivity contribution < 1.29 is 9.53 Å². The first-order valence-electron chi connectivity index (χ1n) is 6.15. The Labute approximate surface area is 113 Å². The van der Waals surface area contributed by atoms with E-state index in [0.717, 1.165) is 11.3 Å². The topological polar surface area (TPSA) is 38.3 Å². The molecular weight excluding hydrogens is 238 g/mol. The molecule has 0 spiro atoms. The van der Waals surface area contributed by atoms with E-state index in [1.54, 1.807) is 19.2 Å². The first-order chi connectivity index (χ1) is 9.19. The van der Waals surface area contributed by atoms with Gasteiger partial charge in [0.15, 0.2) is 0 Å². The second-order valence-corrected chi connectivity index (χ2v) is 4.45. The molecule has 0 aliphatic heterocycles. The summed E-state index contributed by atoms with van der Waals surface area (Å²) in [6.07, 6.45) is 0. The number of rotatable bonds is 4. The number of ether oxygens (including phenoxy) is 1. The van der Waals surface area contributed by atoms with E-state index >= 15 is 0 Å². The highest BCUT2D eigenvalue weighted by Gasteiger charge is 2.05. The zero-order chi connectivity index (χ0) is 13.7. The molecule has 2 aromatic rings. The zero-order valence-electron chi connectivity index (χ0n) is 11.1. The van der Waals surface area contributed by atoms with Gasteiger partial charge in [-0.15, -0.1) is 0 Å². The Hall–Kier alpha value is -2.13. The van der Waals surface area contributed by atoms with Crippen LogP contribution in [-0.4, -0.2) is 13.0 Å². The molecule has 0 heterocycles. The molecule has 0 aliphatic rings. The van der Waals surface area contributed by atoms with Crippen molar-refractivity contribution in [3.8, 4) is 0 Å². The monoisotopic (exact) mass is 255 g/mol. The van der Waals surface area contributed by atoms with Gasteiger partial charge >= 0.3 is 0 Å². The van der Waals surface area contributed by atoms with Crippen LogP contribution in [0.2, 0.25) is 0 Å². The van der Waals surface area contributed by atoms with Gasteiger partial charge in [0.1, 0.15) is 0 Å². The van der Waals surface area contributed by atoms with Crippen molar-refractivity contribution in [2.45, 2.75) is 13.5 Å². The molecule has 0 aromatic heterocycles. The van der Waals surface area contributed by atoms with Gasteiger partial charge in [0.2, 0.25) is 0 Å². The maximum atomic E-state index is 12.0. The Kier molecular flexibility index (Phi) is 4.31. The fraction of sp³-hybridized carbons (Fsp3) is 0.188. The average Bonchev–Trinajstić information content (AvgIpc) is 2.42. The summed E-state index contributed by atoms with van der Waals surface area (Å²) in [5.74, 6) is -0.104. The third-order valence-electron chi connectivity index (χ3n) is 2.84. The normalized spacial score (nSPS) is 10.2. The fourth-order valence-corrected chi connectivity index (χ4v) is 1.76. The van der Waals surface area contributed by atoms with E-state index in [4.69, 9.17) is 4.74 Å². The molecule has 2 aromatic carbocycles. The number of amides is 1. The molecule has 0 atom stereocenters. The summed E-state index contributed by atoms with van der Waals surface area (Å²) in [4.78, 5) is 12.0. The Morgan fingerprint density at radius 1 is 1.05 bits per heavy atom. The molecule has 2 rings (SSSR count). The molecule has 1 N–H and O–H groups in total. The highest BCUT2D eigenvalue weighted by molar-refractivity contribution is 6.04. The summed E-state index contributed by atoms with van der Waals surface area (Å²) >= 11 is 0. The van der Waals surface area contributed by atoms with Gasteiger partial charge in [0.05, 0.1) is 6.61 Å². The smallest absolute Gasteiger partial charge is 0.255 e. The maximum absolute atomic E-state index is 12.0. The van der Waals surface area contributed by atoms with E-state index in [2.05, 4.69) is 5.32 Å². The molecular formula is C16H17NO2. The lowest BCUT2D eigenvalue weighted by Gasteiger charge is -2.06. The third-order valence-corrected chi connectivity index (χ3v) is 2.84. The molecule has 0 aliphatic carbocycles. The highest BCUT2D eigenvalue weighted by atomic mass is 16.5. The second-order valence-electron chi connectivity index (χ2n) is 4.45. The molecule has 0 radical (unpaired) electrons. The minimum absolute atomic E-state index is 0.104. The van der Waals surface area contributed by atoms with Crippen LogP contribution in [-0.2, 0) is 11.3 Å². The van der Waals surface area contributed by atoms with Crippen molar-refractivity contribution in [2.75, 3.05) is 12.4 Å². The summed E-state index contributed by atoms with van der Waals surface area (Å²) in [7, 11) is 1.65. The number of aryl methyl sites for hydroxylation is 1. The van der Waals surface area contributed by atoms with Crippen molar-refractivity contribution in [1.82, 2.24) is 0 Å². The van der Waals surface area contributed by atoms with Crippen LogP contribution < -0.4 is 5.32 Å².